The second kappa shape index (κ2) is 7.20. The largest absolute Gasteiger partial charge is 0.384 e. The maximum absolute atomic E-state index is 5.80. The van der Waals surface area contributed by atoms with Crippen LogP contribution in [0.5, 0.6) is 0 Å². The molecule has 0 spiro atoms. The Morgan fingerprint density at radius 2 is 2.00 bits per heavy atom. The fourth-order valence-corrected chi connectivity index (χ4v) is 2.42. The van der Waals surface area contributed by atoms with Crippen LogP contribution in [-0.4, -0.2) is 32.3 Å². The SMILES string of the molecule is COCC(C)C(CN)NC1CCCCC1. The number of hydrogen-bond donors (Lipinski definition) is 2. The van der Waals surface area contributed by atoms with E-state index in [2.05, 4.69) is 12.2 Å². The van der Waals surface area contributed by atoms with Crippen LogP contribution in [0.25, 0.3) is 0 Å². The van der Waals surface area contributed by atoms with E-state index in [1.807, 2.05) is 0 Å². The lowest BCUT2D eigenvalue weighted by molar-refractivity contribution is 0.134. The quantitative estimate of drug-likeness (QED) is 0.705. The van der Waals surface area contributed by atoms with Crippen LogP contribution in [-0.2, 0) is 4.74 Å². The molecule has 1 fully saturated rings. The lowest BCUT2D eigenvalue weighted by atomic mass is 9.93. The van der Waals surface area contributed by atoms with E-state index in [9.17, 15) is 0 Å². The highest BCUT2D eigenvalue weighted by molar-refractivity contribution is 4.81. The maximum Gasteiger partial charge on any atom is 0.0503 e. The molecule has 3 N–H and O–H groups in total. The van der Waals surface area contributed by atoms with E-state index >= 15 is 0 Å². The van der Waals surface area contributed by atoms with Crippen LogP contribution >= 0.6 is 0 Å². The van der Waals surface area contributed by atoms with Gasteiger partial charge in [0.15, 0.2) is 0 Å². The lowest BCUT2D eigenvalue weighted by Crippen LogP contribution is -2.48. The summed E-state index contributed by atoms with van der Waals surface area (Å²) >= 11 is 0. The molecule has 3 nitrogen and oxygen atoms in total. The van der Waals surface area contributed by atoms with Gasteiger partial charge in [-0.05, 0) is 18.8 Å². The molecule has 1 saturated carbocycles. The minimum absolute atomic E-state index is 0.410. The monoisotopic (exact) mass is 214 g/mol. The Balaban J connectivity index is 2.30. The molecule has 15 heavy (non-hydrogen) atoms. The molecule has 0 saturated heterocycles. The summed E-state index contributed by atoms with van der Waals surface area (Å²) in [5, 5.41) is 3.69. The summed E-state index contributed by atoms with van der Waals surface area (Å²) in [4.78, 5) is 0. The first-order chi connectivity index (χ1) is 7.27. The van der Waals surface area contributed by atoms with Gasteiger partial charge in [0, 0.05) is 25.7 Å². The van der Waals surface area contributed by atoms with Gasteiger partial charge in [-0.3, -0.25) is 0 Å². The molecule has 3 heteroatoms. The number of rotatable bonds is 6. The first-order valence-corrected chi connectivity index (χ1v) is 6.23. The van der Waals surface area contributed by atoms with Crippen LogP contribution in [0, 0.1) is 5.92 Å². The lowest BCUT2D eigenvalue weighted by Gasteiger charge is -2.31. The summed E-state index contributed by atoms with van der Waals surface area (Å²) in [5.41, 5.74) is 5.80. The van der Waals surface area contributed by atoms with Crippen molar-refractivity contribution in [3.05, 3.63) is 0 Å². The molecular weight excluding hydrogens is 188 g/mol. The fraction of sp³-hybridized carbons (Fsp3) is 1.00. The summed E-state index contributed by atoms with van der Waals surface area (Å²) in [5.74, 6) is 0.502. The molecule has 1 aliphatic rings. The van der Waals surface area contributed by atoms with E-state index in [-0.39, 0.29) is 0 Å². The van der Waals surface area contributed by atoms with E-state index in [1.165, 1.54) is 32.1 Å². The molecule has 0 aliphatic heterocycles. The van der Waals surface area contributed by atoms with Gasteiger partial charge < -0.3 is 15.8 Å². The zero-order chi connectivity index (χ0) is 11.1. The van der Waals surface area contributed by atoms with Crippen molar-refractivity contribution in [2.75, 3.05) is 20.3 Å². The van der Waals surface area contributed by atoms with Crippen LogP contribution in [0.1, 0.15) is 39.0 Å². The van der Waals surface area contributed by atoms with Gasteiger partial charge in [-0.2, -0.15) is 0 Å². The predicted octanol–water partition coefficient (Wildman–Crippen LogP) is 1.52. The van der Waals surface area contributed by atoms with E-state index < -0.39 is 0 Å². The number of hydrogen-bond acceptors (Lipinski definition) is 3. The summed E-state index contributed by atoms with van der Waals surface area (Å²) in [6.45, 7) is 3.71. The van der Waals surface area contributed by atoms with Crippen molar-refractivity contribution in [1.82, 2.24) is 5.32 Å². The van der Waals surface area contributed by atoms with Crippen LogP contribution < -0.4 is 11.1 Å². The van der Waals surface area contributed by atoms with Crippen molar-refractivity contribution < 1.29 is 4.74 Å². The third-order valence-electron chi connectivity index (χ3n) is 3.43. The van der Waals surface area contributed by atoms with Gasteiger partial charge in [-0.15, -0.1) is 0 Å². The average molecular weight is 214 g/mol. The highest BCUT2D eigenvalue weighted by Gasteiger charge is 2.20. The highest BCUT2D eigenvalue weighted by atomic mass is 16.5. The summed E-state index contributed by atoms with van der Waals surface area (Å²) < 4.78 is 5.18. The smallest absolute Gasteiger partial charge is 0.0503 e. The second-order valence-electron chi connectivity index (χ2n) is 4.78. The van der Waals surface area contributed by atoms with E-state index in [0.717, 1.165) is 6.61 Å². The third kappa shape index (κ3) is 4.49. The van der Waals surface area contributed by atoms with Gasteiger partial charge in [0.1, 0.15) is 0 Å². The maximum atomic E-state index is 5.80. The third-order valence-corrected chi connectivity index (χ3v) is 3.43. The molecule has 1 rings (SSSR count). The van der Waals surface area contributed by atoms with Crippen molar-refractivity contribution in [1.29, 1.82) is 0 Å². The van der Waals surface area contributed by atoms with Crippen LogP contribution in [0.15, 0.2) is 0 Å². The average Bonchev–Trinajstić information content (AvgIpc) is 2.27. The molecule has 0 radical (unpaired) electrons. The molecule has 0 bridgehead atoms. The van der Waals surface area contributed by atoms with Crippen molar-refractivity contribution in [3.63, 3.8) is 0 Å². The standard InChI is InChI=1S/C12H26N2O/c1-10(9-15-2)12(8-13)14-11-6-4-3-5-7-11/h10-12,14H,3-9,13H2,1-2H3. The first kappa shape index (κ1) is 12.9. The molecule has 2 unspecified atom stereocenters. The minimum atomic E-state index is 0.410. The zero-order valence-corrected chi connectivity index (χ0v) is 10.2. The van der Waals surface area contributed by atoms with Gasteiger partial charge in [-0.1, -0.05) is 26.2 Å². The van der Waals surface area contributed by atoms with Crippen molar-refractivity contribution in [3.8, 4) is 0 Å². The summed E-state index contributed by atoms with van der Waals surface area (Å²) in [7, 11) is 1.75. The summed E-state index contributed by atoms with van der Waals surface area (Å²) in [6.07, 6.45) is 6.77. The van der Waals surface area contributed by atoms with Gasteiger partial charge in [-0.25, -0.2) is 0 Å². The van der Waals surface area contributed by atoms with E-state index in [0.29, 0.717) is 24.5 Å². The highest BCUT2D eigenvalue weighted by Crippen LogP contribution is 2.18. The predicted molar refractivity (Wildman–Crippen MR) is 63.9 cm³/mol. The molecule has 0 aromatic carbocycles. The Labute approximate surface area is 93.8 Å². The molecule has 1 aliphatic carbocycles. The van der Waals surface area contributed by atoms with Crippen LogP contribution in [0.3, 0.4) is 0 Å². The fourth-order valence-electron chi connectivity index (χ4n) is 2.42. The number of nitrogens with one attached hydrogen (secondary N) is 1. The first-order valence-electron chi connectivity index (χ1n) is 6.23. The molecule has 0 amide bonds. The molecule has 90 valence electrons. The van der Waals surface area contributed by atoms with Crippen molar-refractivity contribution >= 4 is 0 Å². The van der Waals surface area contributed by atoms with Crippen molar-refractivity contribution in [2.24, 2.45) is 11.7 Å². The summed E-state index contributed by atoms with van der Waals surface area (Å²) in [6, 6.07) is 1.10. The minimum Gasteiger partial charge on any atom is -0.384 e. The Bertz CT molecular complexity index is 158. The van der Waals surface area contributed by atoms with Crippen LogP contribution in [0.4, 0.5) is 0 Å². The Morgan fingerprint density at radius 3 is 2.53 bits per heavy atom. The van der Waals surface area contributed by atoms with Gasteiger partial charge in [0.05, 0.1) is 6.61 Å². The Hall–Kier alpha value is -0.120. The second-order valence-corrected chi connectivity index (χ2v) is 4.78. The van der Waals surface area contributed by atoms with Crippen LogP contribution in [0.2, 0.25) is 0 Å². The molecule has 0 heterocycles. The topological polar surface area (TPSA) is 47.3 Å². The van der Waals surface area contributed by atoms with Gasteiger partial charge in [0.25, 0.3) is 0 Å². The van der Waals surface area contributed by atoms with Crippen molar-refractivity contribution in [2.45, 2.75) is 51.1 Å². The Morgan fingerprint density at radius 1 is 1.33 bits per heavy atom. The molecule has 0 aromatic heterocycles. The zero-order valence-electron chi connectivity index (χ0n) is 10.2. The Kier molecular flexibility index (Phi) is 6.22. The number of methoxy groups -OCH3 is 1. The number of nitrogens with two attached hydrogens (primary N) is 1. The van der Waals surface area contributed by atoms with Gasteiger partial charge >= 0.3 is 0 Å². The van der Waals surface area contributed by atoms with Gasteiger partial charge in [0.2, 0.25) is 0 Å². The normalized spacial score (nSPS) is 22.6. The van der Waals surface area contributed by atoms with E-state index in [4.69, 9.17) is 10.5 Å². The number of ether oxygens (including phenoxy) is 1. The molecular formula is C12H26N2O. The molecule has 2 atom stereocenters. The van der Waals surface area contributed by atoms with E-state index in [1.54, 1.807) is 7.11 Å². The molecule has 0 aromatic rings.